The molecule has 0 saturated heterocycles. The first-order valence-electron chi connectivity index (χ1n) is 7.38. The van der Waals surface area contributed by atoms with Crippen LogP contribution in [0.25, 0.3) is 0 Å². The number of nitrogens with two attached hydrogens (primary N) is 1. The van der Waals surface area contributed by atoms with E-state index in [1.165, 1.54) is 6.07 Å². The molecular weight excluding hydrogens is 277 g/mol. The second-order valence-electron chi connectivity index (χ2n) is 5.31. The Morgan fingerprint density at radius 1 is 1.25 bits per heavy atom. The van der Waals surface area contributed by atoms with E-state index in [4.69, 9.17) is 17.3 Å². The molecule has 3 N–H and O–H groups in total. The van der Waals surface area contributed by atoms with E-state index in [1.807, 2.05) is 0 Å². The van der Waals surface area contributed by atoms with E-state index in [0.717, 1.165) is 25.7 Å². The van der Waals surface area contributed by atoms with Crippen LogP contribution >= 0.6 is 11.6 Å². The van der Waals surface area contributed by atoms with Gasteiger partial charge in [0.2, 0.25) is 0 Å². The van der Waals surface area contributed by atoms with Gasteiger partial charge < -0.3 is 10.8 Å². The lowest BCUT2D eigenvalue weighted by Gasteiger charge is -2.30. The quantitative estimate of drug-likeness (QED) is 0.759. The Labute approximate surface area is 126 Å². The lowest BCUT2D eigenvalue weighted by molar-refractivity contribution is 0.0711. The highest BCUT2D eigenvalue weighted by Crippen LogP contribution is 2.34. The van der Waals surface area contributed by atoms with Gasteiger partial charge in [0.05, 0.1) is 6.10 Å². The first-order valence-corrected chi connectivity index (χ1v) is 7.76. The van der Waals surface area contributed by atoms with E-state index in [-0.39, 0.29) is 12.5 Å². The van der Waals surface area contributed by atoms with E-state index < -0.39 is 17.8 Å². The number of aliphatic hydroxyl groups is 1. The number of halogens is 2. The second-order valence-corrected chi connectivity index (χ2v) is 5.71. The van der Waals surface area contributed by atoms with Crippen LogP contribution in [-0.2, 0) is 0 Å². The van der Waals surface area contributed by atoms with Gasteiger partial charge in [-0.1, -0.05) is 44.4 Å². The van der Waals surface area contributed by atoms with Gasteiger partial charge in [-0.15, -0.1) is 0 Å². The van der Waals surface area contributed by atoms with Crippen molar-refractivity contribution in [2.24, 2.45) is 11.7 Å². The Hall–Kier alpha value is -0.640. The van der Waals surface area contributed by atoms with Crippen LogP contribution in [0.5, 0.6) is 0 Å². The van der Waals surface area contributed by atoms with Crippen LogP contribution in [0.3, 0.4) is 0 Å². The molecule has 1 aromatic carbocycles. The Morgan fingerprint density at radius 3 is 2.30 bits per heavy atom. The predicted molar refractivity (Wildman–Crippen MR) is 82.5 cm³/mol. The van der Waals surface area contributed by atoms with Gasteiger partial charge in [0.25, 0.3) is 0 Å². The van der Waals surface area contributed by atoms with E-state index in [9.17, 15) is 9.50 Å². The van der Waals surface area contributed by atoms with Gasteiger partial charge in [0, 0.05) is 23.0 Å². The van der Waals surface area contributed by atoms with Crippen LogP contribution in [0, 0.1) is 11.7 Å². The average molecular weight is 302 g/mol. The van der Waals surface area contributed by atoms with Gasteiger partial charge in [-0.05, 0) is 30.9 Å². The number of hydrogen-bond donors (Lipinski definition) is 2. The average Bonchev–Trinajstić information content (AvgIpc) is 2.42. The monoisotopic (exact) mass is 301 g/mol. The van der Waals surface area contributed by atoms with Gasteiger partial charge in [0.15, 0.2) is 0 Å². The molecule has 0 saturated carbocycles. The number of rotatable bonds is 8. The van der Waals surface area contributed by atoms with Crippen molar-refractivity contribution in [2.45, 2.75) is 51.6 Å². The zero-order valence-electron chi connectivity index (χ0n) is 12.3. The van der Waals surface area contributed by atoms with E-state index in [2.05, 4.69) is 13.8 Å². The fraction of sp³-hybridized carbons (Fsp3) is 0.625. The van der Waals surface area contributed by atoms with Crippen molar-refractivity contribution in [2.75, 3.05) is 6.54 Å². The third-order valence-electron chi connectivity index (χ3n) is 3.84. The van der Waals surface area contributed by atoms with Crippen molar-refractivity contribution in [3.8, 4) is 0 Å². The molecule has 0 radical (unpaired) electrons. The standard InChI is InChI=1S/C16H25ClFNO/c1-3-6-11(7-4-2)16(20)12(10-19)15-13(17)8-5-9-14(15)18/h5,8-9,11-12,16,20H,3-4,6-7,10,19H2,1-2H3. The third kappa shape index (κ3) is 4.18. The molecule has 0 heterocycles. The van der Waals surface area contributed by atoms with E-state index in [1.54, 1.807) is 12.1 Å². The Kier molecular flexibility index (Phi) is 7.49. The molecule has 0 amide bonds. The van der Waals surface area contributed by atoms with E-state index in [0.29, 0.717) is 10.6 Å². The van der Waals surface area contributed by atoms with Crippen molar-refractivity contribution < 1.29 is 9.50 Å². The molecule has 0 aliphatic carbocycles. The van der Waals surface area contributed by atoms with Gasteiger partial charge in [-0.25, -0.2) is 4.39 Å². The molecule has 0 fully saturated rings. The maximum absolute atomic E-state index is 14.0. The highest BCUT2D eigenvalue weighted by atomic mass is 35.5. The molecule has 0 spiro atoms. The Morgan fingerprint density at radius 2 is 1.85 bits per heavy atom. The Balaban J connectivity index is 3.04. The van der Waals surface area contributed by atoms with Crippen LogP contribution in [0.2, 0.25) is 5.02 Å². The molecule has 0 bridgehead atoms. The van der Waals surface area contributed by atoms with Crippen LogP contribution in [0.15, 0.2) is 18.2 Å². The minimum Gasteiger partial charge on any atom is -0.392 e. The maximum Gasteiger partial charge on any atom is 0.128 e. The first kappa shape index (κ1) is 17.4. The minimum absolute atomic E-state index is 0.134. The fourth-order valence-electron chi connectivity index (χ4n) is 2.85. The largest absolute Gasteiger partial charge is 0.392 e. The van der Waals surface area contributed by atoms with Crippen molar-refractivity contribution in [3.63, 3.8) is 0 Å². The second kappa shape index (κ2) is 8.60. The first-order chi connectivity index (χ1) is 9.56. The molecule has 0 aliphatic heterocycles. The summed E-state index contributed by atoms with van der Waals surface area (Å²) in [5.74, 6) is -0.709. The summed E-state index contributed by atoms with van der Waals surface area (Å²) >= 11 is 6.10. The number of aliphatic hydroxyl groups excluding tert-OH is 1. The minimum atomic E-state index is -0.658. The molecule has 2 atom stereocenters. The number of benzene rings is 1. The fourth-order valence-corrected chi connectivity index (χ4v) is 3.15. The topological polar surface area (TPSA) is 46.2 Å². The van der Waals surface area contributed by atoms with Crippen LogP contribution in [0.1, 0.15) is 51.0 Å². The summed E-state index contributed by atoms with van der Waals surface area (Å²) in [7, 11) is 0. The molecule has 1 aromatic rings. The molecule has 2 unspecified atom stereocenters. The lowest BCUT2D eigenvalue weighted by Crippen LogP contribution is -2.33. The molecule has 114 valence electrons. The van der Waals surface area contributed by atoms with Gasteiger partial charge in [0.1, 0.15) is 5.82 Å². The summed E-state index contributed by atoms with van der Waals surface area (Å²) in [6.45, 7) is 4.36. The molecule has 1 rings (SSSR count). The van der Waals surface area contributed by atoms with Crippen molar-refractivity contribution in [1.82, 2.24) is 0 Å². The Bertz CT molecular complexity index is 387. The van der Waals surface area contributed by atoms with Crippen LogP contribution in [-0.4, -0.2) is 17.8 Å². The molecule has 0 aromatic heterocycles. The molecule has 20 heavy (non-hydrogen) atoms. The third-order valence-corrected chi connectivity index (χ3v) is 4.17. The molecular formula is C16H25ClFNO. The highest BCUT2D eigenvalue weighted by molar-refractivity contribution is 6.31. The smallest absolute Gasteiger partial charge is 0.128 e. The summed E-state index contributed by atoms with van der Waals surface area (Å²) < 4.78 is 14.0. The van der Waals surface area contributed by atoms with Crippen LogP contribution in [0.4, 0.5) is 4.39 Å². The van der Waals surface area contributed by atoms with Crippen molar-refractivity contribution >= 4 is 11.6 Å². The lowest BCUT2D eigenvalue weighted by atomic mass is 9.81. The maximum atomic E-state index is 14.0. The summed E-state index contributed by atoms with van der Waals surface area (Å²) in [5.41, 5.74) is 6.14. The van der Waals surface area contributed by atoms with E-state index >= 15 is 0 Å². The molecule has 4 heteroatoms. The van der Waals surface area contributed by atoms with Crippen LogP contribution < -0.4 is 5.73 Å². The zero-order chi connectivity index (χ0) is 15.1. The SMILES string of the molecule is CCCC(CCC)C(O)C(CN)c1c(F)cccc1Cl. The van der Waals surface area contributed by atoms with Gasteiger partial charge in [-0.3, -0.25) is 0 Å². The van der Waals surface area contributed by atoms with Crippen molar-refractivity contribution in [3.05, 3.63) is 34.6 Å². The summed E-state index contributed by atoms with van der Waals surface area (Å²) in [6.07, 6.45) is 3.15. The molecule has 0 aliphatic rings. The summed E-state index contributed by atoms with van der Waals surface area (Å²) in [6, 6.07) is 4.58. The normalized spacial score (nSPS) is 14.6. The van der Waals surface area contributed by atoms with Crippen molar-refractivity contribution in [1.29, 1.82) is 0 Å². The molecule has 2 nitrogen and oxygen atoms in total. The zero-order valence-corrected chi connectivity index (χ0v) is 13.0. The number of hydrogen-bond acceptors (Lipinski definition) is 2. The highest BCUT2D eigenvalue weighted by Gasteiger charge is 2.30. The van der Waals surface area contributed by atoms with Gasteiger partial charge in [-0.2, -0.15) is 0 Å². The predicted octanol–water partition coefficient (Wildman–Crippen LogP) is 4.10. The summed E-state index contributed by atoms with van der Waals surface area (Å²) in [4.78, 5) is 0. The van der Waals surface area contributed by atoms with Gasteiger partial charge >= 0.3 is 0 Å². The summed E-state index contributed by atoms with van der Waals surface area (Å²) in [5, 5.41) is 11.0.